The van der Waals surface area contributed by atoms with Crippen molar-refractivity contribution < 1.29 is 4.39 Å². The molecule has 6 nitrogen and oxygen atoms in total. The van der Waals surface area contributed by atoms with Gasteiger partial charge >= 0.3 is 0 Å². The van der Waals surface area contributed by atoms with Gasteiger partial charge in [0.1, 0.15) is 5.82 Å². The van der Waals surface area contributed by atoms with Crippen LogP contribution in [0.25, 0.3) is 0 Å². The van der Waals surface area contributed by atoms with E-state index < -0.39 is 0 Å². The van der Waals surface area contributed by atoms with E-state index in [1.807, 2.05) is 19.2 Å². The molecule has 1 aromatic heterocycles. The fraction of sp³-hybridized carbons (Fsp3) is 0.500. The van der Waals surface area contributed by atoms with E-state index in [4.69, 9.17) is 0 Å². The van der Waals surface area contributed by atoms with E-state index >= 15 is 0 Å². The molecule has 2 aromatic rings. The molecule has 1 aliphatic rings. The Morgan fingerprint density at radius 2 is 1.87 bits per heavy atom. The Bertz CT molecular complexity index is 800. The van der Waals surface area contributed by atoms with Gasteiger partial charge in [-0.05, 0) is 37.2 Å². The smallest absolute Gasteiger partial charge is 0.193 e. The quantitative estimate of drug-likeness (QED) is 0.260. The molecule has 1 fully saturated rings. The van der Waals surface area contributed by atoms with Gasteiger partial charge in [-0.3, -0.25) is 9.89 Å². The number of aryl methyl sites for hydroxylation is 1. The molecule has 0 amide bonds. The van der Waals surface area contributed by atoms with Gasteiger partial charge in [0.25, 0.3) is 0 Å². The second-order valence-corrected chi connectivity index (χ2v) is 7.57. The van der Waals surface area contributed by atoms with Crippen molar-refractivity contribution in [2.75, 3.05) is 58.3 Å². The van der Waals surface area contributed by atoms with Gasteiger partial charge in [0.05, 0.1) is 12.2 Å². The molecule has 1 aromatic carbocycles. The topological polar surface area (TPSA) is 39.0 Å². The number of piperazine rings is 1. The molecular formula is C22H34FIN6. The van der Waals surface area contributed by atoms with Crippen LogP contribution in [0.4, 0.5) is 10.1 Å². The van der Waals surface area contributed by atoms with Crippen LogP contribution in [0.5, 0.6) is 0 Å². The molecule has 0 unspecified atom stereocenters. The van der Waals surface area contributed by atoms with E-state index in [-0.39, 0.29) is 29.8 Å². The molecular weight excluding hydrogens is 494 g/mol. The third-order valence-electron chi connectivity index (χ3n) is 5.52. The molecule has 1 N–H and O–H groups in total. The lowest BCUT2D eigenvalue weighted by atomic mass is 10.2. The molecule has 0 radical (unpaired) electrons. The highest BCUT2D eigenvalue weighted by molar-refractivity contribution is 14.0. The number of hydrogen-bond acceptors (Lipinski definition) is 3. The van der Waals surface area contributed by atoms with E-state index in [0.29, 0.717) is 0 Å². The first-order valence-corrected chi connectivity index (χ1v) is 10.3. The molecule has 166 valence electrons. The molecule has 0 aliphatic carbocycles. The average molecular weight is 528 g/mol. The molecule has 0 spiro atoms. The van der Waals surface area contributed by atoms with Crippen LogP contribution >= 0.6 is 24.0 Å². The van der Waals surface area contributed by atoms with E-state index in [2.05, 4.69) is 62.0 Å². The lowest BCUT2D eigenvalue weighted by molar-refractivity contribution is 0.254. The van der Waals surface area contributed by atoms with Crippen molar-refractivity contribution in [3.8, 4) is 0 Å². The number of rotatable bonds is 7. The van der Waals surface area contributed by atoms with E-state index in [1.165, 1.54) is 11.8 Å². The number of aromatic nitrogens is 1. The van der Waals surface area contributed by atoms with Gasteiger partial charge in [0.15, 0.2) is 5.96 Å². The number of hydrogen-bond donors (Lipinski definition) is 1. The summed E-state index contributed by atoms with van der Waals surface area (Å²) in [5.74, 6) is 0.784. The van der Waals surface area contributed by atoms with Crippen molar-refractivity contribution in [2.45, 2.75) is 13.0 Å². The van der Waals surface area contributed by atoms with Crippen LogP contribution in [0.2, 0.25) is 0 Å². The van der Waals surface area contributed by atoms with Crippen LogP contribution in [-0.2, 0) is 13.6 Å². The molecule has 0 saturated carbocycles. The van der Waals surface area contributed by atoms with E-state index in [0.717, 1.165) is 63.9 Å². The summed E-state index contributed by atoms with van der Waals surface area (Å²) in [4.78, 5) is 11.1. The second kappa shape index (κ2) is 12.1. The Morgan fingerprint density at radius 1 is 1.13 bits per heavy atom. The van der Waals surface area contributed by atoms with Crippen LogP contribution in [0.15, 0.2) is 47.6 Å². The third-order valence-corrected chi connectivity index (χ3v) is 5.52. The predicted octanol–water partition coefficient (Wildman–Crippen LogP) is 3.00. The molecule has 30 heavy (non-hydrogen) atoms. The Kier molecular flexibility index (Phi) is 9.90. The summed E-state index contributed by atoms with van der Waals surface area (Å²) in [5.41, 5.74) is 1.97. The van der Waals surface area contributed by atoms with E-state index in [9.17, 15) is 4.39 Å². The van der Waals surface area contributed by atoms with Crippen molar-refractivity contribution in [3.05, 3.63) is 54.1 Å². The van der Waals surface area contributed by atoms with Gasteiger partial charge in [-0.1, -0.05) is 12.1 Å². The summed E-state index contributed by atoms with van der Waals surface area (Å²) in [6.45, 7) is 6.42. The largest absolute Gasteiger partial charge is 0.367 e. The lowest BCUT2D eigenvalue weighted by Crippen LogP contribution is -2.47. The summed E-state index contributed by atoms with van der Waals surface area (Å²) in [6.07, 6.45) is 3.11. The van der Waals surface area contributed by atoms with Crippen LogP contribution < -0.4 is 10.2 Å². The van der Waals surface area contributed by atoms with Crippen LogP contribution in [0, 0.1) is 5.82 Å². The highest BCUT2D eigenvalue weighted by Gasteiger charge is 2.18. The summed E-state index contributed by atoms with van der Waals surface area (Å²) >= 11 is 0. The zero-order chi connectivity index (χ0) is 20.6. The Labute approximate surface area is 196 Å². The molecule has 0 atom stereocenters. The van der Waals surface area contributed by atoms with Crippen molar-refractivity contribution in [1.29, 1.82) is 0 Å². The van der Waals surface area contributed by atoms with Gasteiger partial charge in [0, 0.05) is 65.8 Å². The Morgan fingerprint density at radius 3 is 2.50 bits per heavy atom. The van der Waals surface area contributed by atoms with Crippen LogP contribution in [0.3, 0.4) is 0 Å². The Balaban J connectivity index is 0.00000320. The maximum absolute atomic E-state index is 14.0. The van der Waals surface area contributed by atoms with Gasteiger partial charge in [-0.25, -0.2) is 4.39 Å². The van der Waals surface area contributed by atoms with Gasteiger partial charge in [-0.15, -0.1) is 24.0 Å². The number of aliphatic imine (C=N–C) groups is 1. The van der Waals surface area contributed by atoms with Gasteiger partial charge in [-0.2, -0.15) is 0 Å². The first kappa shape index (κ1) is 24.5. The molecule has 2 heterocycles. The predicted molar refractivity (Wildman–Crippen MR) is 133 cm³/mol. The Hall–Kier alpha value is -1.81. The third kappa shape index (κ3) is 6.60. The summed E-state index contributed by atoms with van der Waals surface area (Å²) in [5, 5.41) is 3.46. The summed E-state index contributed by atoms with van der Waals surface area (Å²) in [6, 6.07) is 11.2. The average Bonchev–Trinajstić information content (AvgIpc) is 3.13. The summed E-state index contributed by atoms with van der Waals surface area (Å²) in [7, 11) is 5.95. The zero-order valence-corrected chi connectivity index (χ0v) is 20.6. The molecule has 0 bridgehead atoms. The zero-order valence-electron chi connectivity index (χ0n) is 18.2. The number of benzene rings is 1. The van der Waals surface area contributed by atoms with Crippen molar-refractivity contribution in [1.82, 2.24) is 19.7 Å². The molecule has 1 aliphatic heterocycles. The van der Waals surface area contributed by atoms with E-state index in [1.54, 1.807) is 6.07 Å². The minimum absolute atomic E-state index is 0. The highest BCUT2D eigenvalue weighted by atomic mass is 127. The number of para-hydroxylation sites is 1. The number of halogens is 2. The number of anilines is 1. The monoisotopic (exact) mass is 528 g/mol. The number of nitrogens with zero attached hydrogens (tertiary/aromatic N) is 5. The first-order valence-electron chi connectivity index (χ1n) is 10.3. The molecule has 1 saturated heterocycles. The van der Waals surface area contributed by atoms with Crippen molar-refractivity contribution in [3.63, 3.8) is 0 Å². The number of nitrogens with one attached hydrogen (secondary N) is 1. The van der Waals surface area contributed by atoms with Crippen molar-refractivity contribution >= 4 is 35.6 Å². The fourth-order valence-corrected chi connectivity index (χ4v) is 3.79. The maximum atomic E-state index is 14.0. The van der Waals surface area contributed by atoms with Gasteiger partial charge in [0.2, 0.25) is 0 Å². The standard InChI is InChI=1S/C22H33FN6.HI/c1-24-22(27(3)18-19-8-6-12-26(19)2)25-11-7-13-28-14-16-29(17-15-28)21-10-5-4-9-20(21)23;/h4-6,8-10,12H,7,11,13-18H2,1-3H3,(H,24,25);1H. The minimum atomic E-state index is -0.129. The normalized spacial score (nSPS) is 15.1. The minimum Gasteiger partial charge on any atom is -0.367 e. The maximum Gasteiger partial charge on any atom is 0.193 e. The van der Waals surface area contributed by atoms with Crippen LogP contribution in [0.1, 0.15) is 12.1 Å². The molecule has 3 rings (SSSR count). The summed E-state index contributed by atoms with van der Waals surface area (Å²) < 4.78 is 16.1. The molecule has 8 heteroatoms. The lowest BCUT2D eigenvalue weighted by Gasteiger charge is -2.36. The second-order valence-electron chi connectivity index (χ2n) is 7.57. The number of guanidine groups is 1. The van der Waals surface area contributed by atoms with Gasteiger partial charge < -0.3 is 19.7 Å². The first-order chi connectivity index (χ1) is 14.1. The highest BCUT2D eigenvalue weighted by Crippen LogP contribution is 2.20. The van der Waals surface area contributed by atoms with Crippen LogP contribution in [-0.4, -0.2) is 73.7 Å². The fourth-order valence-electron chi connectivity index (χ4n) is 3.79. The SMILES string of the molecule is CN=C(NCCCN1CCN(c2ccccc2F)CC1)N(C)Cc1cccn1C.I. The van der Waals surface area contributed by atoms with Crippen molar-refractivity contribution in [2.24, 2.45) is 12.0 Å².